The summed E-state index contributed by atoms with van der Waals surface area (Å²) in [5.41, 5.74) is 2.26. The van der Waals surface area contributed by atoms with E-state index in [-0.39, 0.29) is 0 Å². The van der Waals surface area contributed by atoms with Gasteiger partial charge in [-0.1, -0.05) is 42.0 Å². The molecule has 0 saturated carbocycles. The monoisotopic (exact) mass is 285 g/mol. The third-order valence-corrected chi connectivity index (χ3v) is 3.97. The number of hydrogen-bond acceptors (Lipinski definition) is 5. The Morgan fingerprint density at radius 3 is 2.85 bits per heavy atom. The largest absolute Gasteiger partial charge is 0.338 e. The molecule has 0 saturated heterocycles. The maximum Gasteiger partial charge on any atom is 0.237 e. The van der Waals surface area contributed by atoms with Crippen molar-refractivity contribution in [2.75, 3.05) is 0 Å². The van der Waals surface area contributed by atoms with E-state index in [1.807, 2.05) is 25.1 Å². The Balaban J connectivity index is 1.80. The van der Waals surface area contributed by atoms with E-state index in [4.69, 9.17) is 4.52 Å². The summed E-state index contributed by atoms with van der Waals surface area (Å²) in [6.45, 7) is 4.12. The van der Waals surface area contributed by atoms with Crippen LogP contribution in [0, 0.1) is 6.92 Å². The number of aryl methyl sites for hydroxylation is 2. The van der Waals surface area contributed by atoms with Crippen molar-refractivity contribution in [1.82, 2.24) is 15.1 Å². The van der Waals surface area contributed by atoms with Gasteiger partial charge in [-0.3, -0.25) is 0 Å². The van der Waals surface area contributed by atoms with Crippen LogP contribution in [0.3, 0.4) is 0 Å². The molecular weight excluding hydrogens is 270 g/mol. The zero-order valence-electron chi connectivity index (χ0n) is 11.5. The molecule has 2 heterocycles. The lowest BCUT2D eigenvalue weighted by Gasteiger charge is -2.04. The van der Waals surface area contributed by atoms with Gasteiger partial charge in [-0.05, 0) is 24.6 Å². The van der Waals surface area contributed by atoms with Gasteiger partial charge in [-0.15, -0.1) is 0 Å². The Morgan fingerprint density at radius 1 is 1.20 bits per heavy atom. The van der Waals surface area contributed by atoms with Crippen molar-refractivity contribution in [3.8, 4) is 0 Å². The van der Waals surface area contributed by atoms with Crippen LogP contribution in [0.5, 0.6) is 0 Å². The number of rotatable bonds is 4. The van der Waals surface area contributed by atoms with Crippen LogP contribution in [0.2, 0.25) is 0 Å². The molecule has 20 heavy (non-hydrogen) atoms. The fraction of sp³-hybridized carbons (Fsp3) is 0.267. The van der Waals surface area contributed by atoms with E-state index in [0.29, 0.717) is 11.6 Å². The highest BCUT2D eigenvalue weighted by molar-refractivity contribution is 7.98. The van der Waals surface area contributed by atoms with E-state index in [0.717, 1.165) is 22.8 Å². The first-order valence-corrected chi connectivity index (χ1v) is 7.55. The second kappa shape index (κ2) is 5.63. The number of fused-ring (bicyclic) bond motifs is 1. The van der Waals surface area contributed by atoms with Gasteiger partial charge in [0.1, 0.15) is 0 Å². The standard InChI is InChI=1S/C15H15N3OS/c1-3-13-17-14(19-18-13)9-20-15-8-10(2)11-6-4-5-7-12(11)16-15/h4-8H,3,9H2,1-2H3. The van der Waals surface area contributed by atoms with E-state index in [2.05, 4.69) is 34.2 Å². The summed E-state index contributed by atoms with van der Waals surface area (Å²) in [7, 11) is 0. The molecule has 1 aromatic carbocycles. The molecule has 0 aliphatic carbocycles. The quantitative estimate of drug-likeness (QED) is 0.683. The predicted molar refractivity (Wildman–Crippen MR) is 79.7 cm³/mol. The van der Waals surface area contributed by atoms with Gasteiger partial charge in [0, 0.05) is 11.8 Å². The zero-order chi connectivity index (χ0) is 13.9. The molecule has 0 spiro atoms. The molecular formula is C15H15N3OS. The van der Waals surface area contributed by atoms with Crippen LogP contribution < -0.4 is 0 Å². The zero-order valence-corrected chi connectivity index (χ0v) is 12.3. The van der Waals surface area contributed by atoms with Gasteiger partial charge in [0.2, 0.25) is 5.89 Å². The lowest BCUT2D eigenvalue weighted by atomic mass is 10.1. The summed E-state index contributed by atoms with van der Waals surface area (Å²) in [5, 5.41) is 6.08. The molecule has 3 rings (SSSR count). The van der Waals surface area contributed by atoms with E-state index in [1.54, 1.807) is 11.8 Å². The van der Waals surface area contributed by atoms with Gasteiger partial charge in [0.25, 0.3) is 0 Å². The van der Waals surface area contributed by atoms with Crippen molar-refractivity contribution in [2.24, 2.45) is 0 Å². The fourth-order valence-corrected chi connectivity index (χ4v) is 2.83. The van der Waals surface area contributed by atoms with Gasteiger partial charge >= 0.3 is 0 Å². The Kier molecular flexibility index (Phi) is 3.69. The maximum atomic E-state index is 5.19. The minimum atomic E-state index is 0.651. The first kappa shape index (κ1) is 13.1. The number of benzene rings is 1. The average molecular weight is 285 g/mol. The number of thioether (sulfide) groups is 1. The highest BCUT2D eigenvalue weighted by atomic mass is 32.2. The van der Waals surface area contributed by atoms with Crippen LogP contribution in [0.15, 0.2) is 39.9 Å². The normalized spacial score (nSPS) is 11.1. The van der Waals surface area contributed by atoms with E-state index >= 15 is 0 Å². The third kappa shape index (κ3) is 2.67. The Morgan fingerprint density at radius 2 is 2.05 bits per heavy atom. The molecule has 0 radical (unpaired) electrons. The summed E-state index contributed by atoms with van der Waals surface area (Å²) < 4.78 is 5.19. The van der Waals surface area contributed by atoms with Crippen molar-refractivity contribution in [3.05, 3.63) is 47.6 Å². The molecule has 0 N–H and O–H groups in total. The first-order chi connectivity index (χ1) is 9.76. The van der Waals surface area contributed by atoms with Crippen molar-refractivity contribution in [2.45, 2.75) is 31.0 Å². The summed E-state index contributed by atoms with van der Waals surface area (Å²) in [5.74, 6) is 2.06. The summed E-state index contributed by atoms with van der Waals surface area (Å²) in [4.78, 5) is 8.95. The Hall–Kier alpha value is -1.88. The number of aromatic nitrogens is 3. The molecule has 2 aromatic heterocycles. The second-order valence-corrected chi connectivity index (χ2v) is 5.54. The van der Waals surface area contributed by atoms with Crippen molar-refractivity contribution < 1.29 is 4.52 Å². The molecule has 0 aliphatic heterocycles. The summed E-state index contributed by atoms with van der Waals surface area (Å²) in [6, 6.07) is 10.3. The predicted octanol–water partition coefficient (Wildman–Crippen LogP) is 3.78. The van der Waals surface area contributed by atoms with Crippen LogP contribution in [0.25, 0.3) is 10.9 Å². The molecule has 0 atom stereocenters. The van der Waals surface area contributed by atoms with Gasteiger partial charge in [0.05, 0.1) is 16.3 Å². The number of nitrogens with zero attached hydrogens (tertiary/aromatic N) is 3. The van der Waals surface area contributed by atoms with Crippen LogP contribution >= 0.6 is 11.8 Å². The van der Waals surface area contributed by atoms with Crippen LogP contribution in [0.1, 0.15) is 24.2 Å². The molecule has 4 nitrogen and oxygen atoms in total. The SMILES string of the molecule is CCc1noc(CSc2cc(C)c3ccccc3n2)n1. The van der Waals surface area contributed by atoms with Gasteiger partial charge in [-0.2, -0.15) is 4.98 Å². The van der Waals surface area contributed by atoms with E-state index in [9.17, 15) is 0 Å². The van der Waals surface area contributed by atoms with Crippen LogP contribution in [-0.4, -0.2) is 15.1 Å². The minimum Gasteiger partial charge on any atom is -0.338 e. The highest BCUT2D eigenvalue weighted by Crippen LogP contribution is 2.25. The summed E-state index contributed by atoms with van der Waals surface area (Å²) >= 11 is 1.62. The average Bonchev–Trinajstić information content (AvgIpc) is 2.93. The lowest BCUT2D eigenvalue weighted by Crippen LogP contribution is -1.88. The third-order valence-electron chi connectivity index (χ3n) is 3.07. The van der Waals surface area contributed by atoms with E-state index < -0.39 is 0 Å². The first-order valence-electron chi connectivity index (χ1n) is 6.57. The number of para-hydroxylation sites is 1. The van der Waals surface area contributed by atoms with Crippen LogP contribution in [0.4, 0.5) is 0 Å². The topological polar surface area (TPSA) is 51.8 Å². The van der Waals surface area contributed by atoms with Crippen molar-refractivity contribution in [3.63, 3.8) is 0 Å². The number of hydrogen-bond donors (Lipinski definition) is 0. The minimum absolute atomic E-state index is 0.651. The van der Waals surface area contributed by atoms with Crippen molar-refractivity contribution >= 4 is 22.7 Å². The molecule has 0 unspecified atom stereocenters. The molecule has 0 bridgehead atoms. The highest BCUT2D eigenvalue weighted by Gasteiger charge is 2.07. The fourth-order valence-electron chi connectivity index (χ4n) is 2.02. The van der Waals surface area contributed by atoms with Crippen molar-refractivity contribution in [1.29, 1.82) is 0 Å². The van der Waals surface area contributed by atoms with Gasteiger partial charge in [-0.25, -0.2) is 4.98 Å². The molecule has 0 amide bonds. The van der Waals surface area contributed by atoms with Crippen LogP contribution in [-0.2, 0) is 12.2 Å². The Bertz CT molecular complexity index is 739. The van der Waals surface area contributed by atoms with Gasteiger partial charge in [0.15, 0.2) is 5.82 Å². The molecule has 5 heteroatoms. The molecule has 102 valence electrons. The molecule has 3 aromatic rings. The lowest BCUT2D eigenvalue weighted by molar-refractivity contribution is 0.385. The maximum absolute atomic E-state index is 5.19. The molecule has 0 aliphatic rings. The summed E-state index contributed by atoms with van der Waals surface area (Å²) in [6.07, 6.45) is 0.793. The Labute approximate surface area is 121 Å². The number of pyridine rings is 1. The second-order valence-electron chi connectivity index (χ2n) is 4.54. The van der Waals surface area contributed by atoms with E-state index in [1.165, 1.54) is 10.9 Å². The van der Waals surface area contributed by atoms with Gasteiger partial charge < -0.3 is 4.52 Å². The molecule has 0 fully saturated rings. The smallest absolute Gasteiger partial charge is 0.237 e.